The van der Waals surface area contributed by atoms with E-state index in [2.05, 4.69) is 20.4 Å². The molecule has 13 heteroatoms. The fourth-order valence-corrected chi connectivity index (χ4v) is 4.97. The Bertz CT molecular complexity index is 1440. The van der Waals surface area contributed by atoms with Crippen LogP contribution in [0, 0.1) is 12.7 Å². The Balaban J connectivity index is 1.47. The molecule has 0 aliphatic carbocycles. The van der Waals surface area contributed by atoms with Crippen LogP contribution in [0.15, 0.2) is 24.4 Å². The van der Waals surface area contributed by atoms with Crippen molar-refractivity contribution < 1.29 is 27.0 Å². The van der Waals surface area contributed by atoms with Gasteiger partial charge in [-0.1, -0.05) is 0 Å². The number of ether oxygens (including phenoxy) is 2. The Morgan fingerprint density at radius 1 is 1.21 bits per heavy atom. The lowest BCUT2D eigenvalue weighted by Gasteiger charge is -2.34. The fourth-order valence-electron chi connectivity index (χ4n) is 4.97. The van der Waals surface area contributed by atoms with Crippen molar-refractivity contribution in [3.05, 3.63) is 36.0 Å². The minimum atomic E-state index is -2.62. The molecule has 5 rings (SSSR count). The number of aryl methyl sites for hydroxylation is 1. The van der Waals surface area contributed by atoms with Gasteiger partial charge in [0.1, 0.15) is 23.0 Å². The summed E-state index contributed by atoms with van der Waals surface area (Å²) in [4.78, 5) is 10.6. The van der Waals surface area contributed by atoms with Gasteiger partial charge in [0.25, 0.3) is 6.43 Å². The third-order valence-corrected chi connectivity index (χ3v) is 6.85. The van der Waals surface area contributed by atoms with Crippen LogP contribution in [-0.4, -0.2) is 88.1 Å². The van der Waals surface area contributed by atoms with Crippen molar-refractivity contribution >= 4 is 22.5 Å². The Hall–Kier alpha value is -3.45. The number of likely N-dealkylation sites (tertiary alicyclic amines) is 1. The van der Waals surface area contributed by atoms with E-state index in [9.17, 15) is 13.2 Å². The lowest BCUT2D eigenvalue weighted by molar-refractivity contribution is 0.0918. The van der Waals surface area contributed by atoms with Gasteiger partial charge in [0, 0.05) is 38.5 Å². The second kappa shape index (κ2) is 10.7. The summed E-state index contributed by atoms with van der Waals surface area (Å²) in [5.41, 5.74) is 1.73. The number of nitrogens with one attached hydrogen (secondary N) is 1. The minimum absolute atomic E-state index is 0.0270. The molecule has 1 fully saturated rings. The number of aromatic nitrogens is 5. The van der Waals surface area contributed by atoms with Crippen molar-refractivity contribution in [2.24, 2.45) is 0 Å². The molecule has 2 atom stereocenters. The number of benzene rings is 1. The van der Waals surface area contributed by atoms with E-state index >= 15 is 4.39 Å². The molecule has 0 spiro atoms. The van der Waals surface area contributed by atoms with Gasteiger partial charge in [0.2, 0.25) is 11.8 Å². The van der Waals surface area contributed by atoms with Gasteiger partial charge in [0.15, 0.2) is 5.82 Å². The van der Waals surface area contributed by atoms with E-state index in [1.54, 1.807) is 32.4 Å². The van der Waals surface area contributed by atoms with E-state index in [1.807, 2.05) is 4.90 Å². The molecule has 9 nitrogen and oxygen atoms in total. The van der Waals surface area contributed by atoms with Crippen molar-refractivity contribution in [1.82, 2.24) is 29.0 Å². The molecular formula is C25H29F4N7O2. The summed E-state index contributed by atoms with van der Waals surface area (Å²) in [5, 5.41) is 7.56. The standard InChI is InChI=1S/C25H29F4N7O2/c1-14-30-22-17(26)10-15(11-20(22)35(14)13-21(28)29)16-4-7-36-23(16)24(38-3)32-25(33-36)31-19-5-6-34(8-9-37-2)12-18(19)27/h4,7,10-11,18-19,21H,5-6,8-9,12-13H2,1-3H3,(H,31,33)/t18-,19-/m0/s1. The summed E-state index contributed by atoms with van der Waals surface area (Å²) < 4.78 is 69.7. The van der Waals surface area contributed by atoms with Crippen LogP contribution >= 0.6 is 0 Å². The number of methoxy groups -OCH3 is 2. The van der Waals surface area contributed by atoms with Gasteiger partial charge in [-0.2, -0.15) is 4.98 Å². The zero-order valence-corrected chi connectivity index (χ0v) is 21.3. The number of hydrogen-bond acceptors (Lipinski definition) is 7. The number of nitrogens with zero attached hydrogens (tertiary/aromatic N) is 6. The predicted octanol–water partition coefficient (Wildman–Crippen LogP) is 3.94. The number of imidazole rings is 1. The van der Waals surface area contributed by atoms with Crippen LogP contribution in [0.1, 0.15) is 12.2 Å². The number of fused-ring (bicyclic) bond motifs is 2. The maximum Gasteiger partial charge on any atom is 0.256 e. The lowest BCUT2D eigenvalue weighted by atomic mass is 10.0. The summed E-state index contributed by atoms with van der Waals surface area (Å²) in [7, 11) is 3.06. The highest BCUT2D eigenvalue weighted by molar-refractivity contribution is 5.90. The fraction of sp³-hybridized carbons (Fsp3) is 0.480. The van der Waals surface area contributed by atoms with Gasteiger partial charge >= 0.3 is 0 Å². The highest BCUT2D eigenvalue weighted by Gasteiger charge is 2.30. The summed E-state index contributed by atoms with van der Waals surface area (Å²) >= 11 is 0. The summed E-state index contributed by atoms with van der Waals surface area (Å²) in [6.45, 7) is 3.17. The molecule has 0 unspecified atom stereocenters. The van der Waals surface area contributed by atoms with Crippen LogP contribution < -0.4 is 10.1 Å². The third kappa shape index (κ3) is 4.99. The van der Waals surface area contributed by atoms with Gasteiger partial charge in [-0.15, -0.1) is 5.10 Å². The molecule has 0 amide bonds. The summed E-state index contributed by atoms with van der Waals surface area (Å²) in [5.74, 6) is 0.0670. The molecule has 1 aliphatic heterocycles. The second-order valence-electron chi connectivity index (χ2n) is 9.30. The third-order valence-electron chi connectivity index (χ3n) is 6.85. The van der Waals surface area contributed by atoms with Gasteiger partial charge in [-0.05, 0) is 37.1 Å². The highest BCUT2D eigenvalue weighted by Crippen LogP contribution is 2.34. The average molecular weight is 536 g/mol. The number of piperidine rings is 1. The molecule has 3 aromatic heterocycles. The molecular weight excluding hydrogens is 506 g/mol. The van der Waals surface area contributed by atoms with E-state index in [1.165, 1.54) is 22.3 Å². The number of rotatable bonds is 9. The maximum atomic E-state index is 15.0. The molecule has 1 aromatic carbocycles. The van der Waals surface area contributed by atoms with Gasteiger partial charge in [-0.25, -0.2) is 27.1 Å². The largest absolute Gasteiger partial charge is 0.479 e. The monoisotopic (exact) mass is 535 g/mol. The Morgan fingerprint density at radius 3 is 2.74 bits per heavy atom. The molecule has 1 N–H and O–H groups in total. The van der Waals surface area contributed by atoms with Gasteiger partial charge in [0.05, 0.1) is 31.8 Å². The van der Waals surface area contributed by atoms with Crippen molar-refractivity contribution in [1.29, 1.82) is 0 Å². The maximum absolute atomic E-state index is 15.0. The smallest absolute Gasteiger partial charge is 0.256 e. The highest BCUT2D eigenvalue weighted by atomic mass is 19.3. The van der Waals surface area contributed by atoms with Crippen LogP contribution in [0.25, 0.3) is 27.7 Å². The minimum Gasteiger partial charge on any atom is -0.479 e. The zero-order chi connectivity index (χ0) is 27.0. The number of hydrogen-bond donors (Lipinski definition) is 1. The first kappa shape index (κ1) is 26.2. The Labute approximate surface area is 216 Å². The predicted molar refractivity (Wildman–Crippen MR) is 134 cm³/mol. The zero-order valence-electron chi connectivity index (χ0n) is 21.3. The Kier molecular flexibility index (Phi) is 7.39. The molecule has 0 bridgehead atoms. The van der Waals surface area contributed by atoms with Crippen molar-refractivity contribution in [3.8, 4) is 17.0 Å². The van der Waals surface area contributed by atoms with Crippen LogP contribution in [0.3, 0.4) is 0 Å². The molecule has 1 aliphatic rings. The topological polar surface area (TPSA) is 81.7 Å². The van der Waals surface area contributed by atoms with E-state index in [0.717, 1.165) is 0 Å². The van der Waals surface area contributed by atoms with E-state index < -0.39 is 31.0 Å². The van der Waals surface area contributed by atoms with E-state index in [-0.39, 0.29) is 29.4 Å². The second-order valence-corrected chi connectivity index (χ2v) is 9.30. The molecule has 1 saturated heterocycles. The van der Waals surface area contributed by atoms with Crippen molar-refractivity contribution in [2.75, 3.05) is 45.8 Å². The first-order valence-corrected chi connectivity index (χ1v) is 12.3. The number of halogens is 4. The number of alkyl halides is 3. The average Bonchev–Trinajstić information content (AvgIpc) is 3.45. The molecule has 4 heterocycles. The van der Waals surface area contributed by atoms with Crippen LogP contribution in [0.2, 0.25) is 0 Å². The SMILES string of the molecule is COCCN1CC[C@H](Nc2nc(OC)c3c(-c4cc(F)c5nc(C)n(CC(F)F)c5c4)ccn3n2)[C@@H](F)C1. The molecule has 0 saturated carbocycles. The van der Waals surface area contributed by atoms with Gasteiger partial charge in [-0.3, -0.25) is 4.90 Å². The molecule has 38 heavy (non-hydrogen) atoms. The van der Waals surface area contributed by atoms with Gasteiger partial charge < -0.3 is 19.4 Å². The first-order valence-electron chi connectivity index (χ1n) is 12.3. The van der Waals surface area contributed by atoms with Crippen LogP contribution in [-0.2, 0) is 11.3 Å². The van der Waals surface area contributed by atoms with Crippen LogP contribution in [0.4, 0.5) is 23.5 Å². The van der Waals surface area contributed by atoms with E-state index in [0.29, 0.717) is 48.6 Å². The quantitative estimate of drug-likeness (QED) is 0.325. The molecule has 0 radical (unpaired) electrons. The van der Waals surface area contributed by atoms with E-state index in [4.69, 9.17) is 9.47 Å². The van der Waals surface area contributed by atoms with Crippen molar-refractivity contribution in [2.45, 2.75) is 38.5 Å². The molecule has 4 aromatic rings. The van der Waals surface area contributed by atoms with Crippen LogP contribution in [0.5, 0.6) is 5.88 Å². The first-order chi connectivity index (χ1) is 18.3. The normalized spacial score (nSPS) is 18.6. The summed E-state index contributed by atoms with van der Waals surface area (Å²) in [6, 6.07) is 4.16. The molecule has 204 valence electrons. The number of anilines is 1. The summed E-state index contributed by atoms with van der Waals surface area (Å²) in [6.07, 6.45) is -1.52. The lowest BCUT2D eigenvalue weighted by Crippen LogP contribution is -2.48. The van der Waals surface area contributed by atoms with Crippen molar-refractivity contribution in [3.63, 3.8) is 0 Å². The Morgan fingerprint density at radius 2 is 2.03 bits per heavy atom.